The molecule has 0 fully saturated rings. The molecule has 3 aromatic rings. The molecule has 1 aromatic carbocycles. The number of anilines is 2. The fourth-order valence-electron chi connectivity index (χ4n) is 3.85. The summed E-state index contributed by atoms with van der Waals surface area (Å²) in [5.41, 5.74) is 9.53. The summed E-state index contributed by atoms with van der Waals surface area (Å²) in [5.74, 6) is -1.07. The Hall–Kier alpha value is -3.53. The van der Waals surface area contributed by atoms with Crippen LogP contribution in [0.1, 0.15) is 32.9 Å². The minimum Gasteiger partial charge on any atom is -0.451 e. The molecule has 1 amide bonds. The van der Waals surface area contributed by atoms with Gasteiger partial charge in [0, 0.05) is 35.4 Å². The summed E-state index contributed by atoms with van der Waals surface area (Å²) >= 11 is 1.14. The van der Waals surface area contributed by atoms with E-state index in [-0.39, 0.29) is 10.6 Å². The topological polar surface area (TPSA) is 129 Å². The number of amides is 1. The van der Waals surface area contributed by atoms with Crippen molar-refractivity contribution in [3.05, 3.63) is 56.1 Å². The van der Waals surface area contributed by atoms with Crippen molar-refractivity contribution in [3.63, 3.8) is 0 Å². The number of aryl methyl sites for hydroxylation is 3. The standard InChI is InChI=1S/C21H20N4O5S/c1-11-8-12(2)23-20-17(11)18(22)19(31-20)21(27)30-10-16(26)24-7-3-4-13-9-14(25(28)29)5-6-15(13)24/h5-6,8-9H,3-4,7,10,22H2,1-2H3. The van der Waals surface area contributed by atoms with Gasteiger partial charge in [0.05, 0.1) is 10.6 Å². The average molecular weight is 440 g/mol. The third-order valence-electron chi connectivity index (χ3n) is 5.23. The largest absolute Gasteiger partial charge is 0.451 e. The molecule has 0 spiro atoms. The minimum atomic E-state index is -0.674. The Balaban J connectivity index is 1.51. The predicted octanol–water partition coefficient (Wildman–Crippen LogP) is 3.54. The summed E-state index contributed by atoms with van der Waals surface area (Å²) in [6, 6.07) is 6.30. The van der Waals surface area contributed by atoms with E-state index in [9.17, 15) is 19.7 Å². The Labute approximate surface area is 181 Å². The normalized spacial score (nSPS) is 13.2. The number of hydrogen-bond donors (Lipinski definition) is 1. The van der Waals surface area contributed by atoms with Crippen molar-refractivity contribution in [1.82, 2.24) is 4.98 Å². The number of thiophene rings is 1. The van der Waals surface area contributed by atoms with Crippen molar-refractivity contribution < 1.29 is 19.2 Å². The zero-order chi connectivity index (χ0) is 22.3. The third-order valence-corrected chi connectivity index (χ3v) is 6.31. The number of esters is 1. The van der Waals surface area contributed by atoms with Crippen molar-refractivity contribution in [3.8, 4) is 0 Å². The number of hydrogen-bond acceptors (Lipinski definition) is 8. The maximum absolute atomic E-state index is 12.7. The summed E-state index contributed by atoms with van der Waals surface area (Å²) in [6.45, 7) is 3.77. The summed E-state index contributed by atoms with van der Waals surface area (Å²) < 4.78 is 5.26. The first kappa shape index (κ1) is 20.7. The van der Waals surface area contributed by atoms with Gasteiger partial charge in [0.1, 0.15) is 9.71 Å². The average Bonchev–Trinajstić information content (AvgIpc) is 3.07. The monoisotopic (exact) mass is 440 g/mol. The van der Waals surface area contributed by atoms with E-state index >= 15 is 0 Å². The Morgan fingerprint density at radius 2 is 2.10 bits per heavy atom. The van der Waals surface area contributed by atoms with E-state index in [0.717, 1.165) is 33.5 Å². The van der Waals surface area contributed by atoms with Gasteiger partial charge in [-0.25, -0.2) is 9.78 Å². The lowest BCUT2D eigenvalue weighted by atomic mass is 10.0. The number of non-ortho nitro benzene ring substituents is 1. The molecule has 0 atom stereocenters. The van der Waals surface area contributed by atoms with Gasteiger partial charge in [0.15, 0.2) is 6.61 Å². The number of rotatable bonds is 4. The zero-order valence-corrected chi connectivity index (χ0v) is 17.8. The third kappa shape index (κ3) is 3.81. The fraction of sp³-hybridized carbons (Fsp3) is 0.286. The smallest absolute Gasteiger partial charge is 0.351 e. The van der Waals surface area contributed by atoms with Gasteiger partial charge < -0.3 is 15.4 Å². The van der Waals surface area contributed by atoms with Crippen molar-refractivity contribution in [2.75, 3.05) is 23.8 Å². The molecule has 1 aliphatic heterocycles. The molecule has 1 aliphatic rings. The van der Waals surface area contributed by atoms with Gasteiger partial charge in [-0.1, -0.05) is 0 Å². The molecular formula is C21H20N4O5S. The maximum atomic E-state index is 12.7. The van der Waals surface area contributed by atoms with Crippen molar-refractivity contribution in [2.24, 2.45) is 0 Å². The predicted molar refractivity (Wildman–Crippen MR) is 118 cm³/mol. The highest BCUT2D eigenvalue weighted by molar-refractivity contribution is 7.21. The molecule has 0 saturated carbocycles. The van der Waals surface area contributed by atoms with Crippen LogP contribution in [0.5, 0.6) is 0 Å². The van der Waals surface area contributed by atoms with Gasteiger partial charge in [0.2, 0.25) is 0 Å². The number of nitrogens with two attached hydrogens (primary N) is 1. The first-order valence-electron chi connectivity index (χ1n) is 9.67. The first-order valence-corrected chi connectivity index (χ1v) is 10.5. The van der Waals surface area contributed by atoms with Crippen LogP contribution in [-0.2, 0) is 16.0 Å². The van der Waals surface area contributed by atoms with Crippen molar-refractivity contribution in [2.45, 2.75) is 26.7 Å². The number of nitro groups is 1. The fourth-order valence-corrected chi connectivity index (χ4v) is 4.96. The zero-order valence-electron chi connectivity index (χ0n) is 17.0. The van der Waals surface area contributed by atoms with Crippen molar-refractivity contribution >= 4 is 50.5 Å². The molecule has 160 valence electrons. The van der Waals surface area contributed by atoms with Crippen LogP contribution in [0.4, 0.5) is 17.1 Å². The number of ether oxygens (including phenoxy) is 1. The van der Waals surface area contributed by atoms with Gasteiger partial charge in [-0.2, -0.15) is 0 Å². The SMILES string of the molecule is Cc1cc(C)c2c(N)c(C(=O)OCC(=O)N3CCCc4cc([N+](=O)[O-])ccc43)sc2n1. The molecule has 0 radical (unpaired) electrons. The van der Waals surface area contributed by atoms with E-state index in [1.54, 1.807) is 6.07 Å². The van der Waals surface area contributed by atoms with Gasteiger partial charge in [-0.05, 0) is 49.9 Å². The molecule has 10 heteroatoms. The Kier molecular flexibility index (Phi) is 5.32. The number of benzene rings is 1. The Bertz CT molecular complexity index is 1240. The van der Waals surface area contributed by atoms with Gasteiger partial charge in [-0.3, -0.25) is 14.9 Å². The van der Waals surface area contributed by atoms with Crippen LogP contribution in [0.15, 0.2) is 24.3 Å². The van der Waals surface area contributed by atoms with Gasteiger partial charge in [-0.15, -0.1) is 11.3 Å². The molecule has 3 heterocycles. The summed E-state index contributed by atoms with van der Waals surface area (Å²) in [5, 5.41) is 11.7. The number of carbonyl (C=O) groups excluding carboxylic acids is 2. The summed E-state index contributed by atoms with van der Waals surface area (Å²) in [4.78, 5) is 42.7. The van der Waals surface area contributed by atoms with Crippen LogP contribution in [0.2, 0.25) is 0 Å². The lowest BCUT2D eigenvalue weighted by molar-refractivity contribution is -0.384. The summed E-state index contributed by atoms with van der Waals surface area (Å²) in [6.07, 6.45) is 1.31. The maximum Gasteiger partial charge on any atom is 0.351 e. The highest BCUT2D eigenvalue weighted by Gasteiger charge is 2.26. The van der Waals surface area contributed by atoms with Crippen molar-refractivity contribution in [1.29, 1.82) is 0 Å². The molecule has 0 aliphatic carbocycles. The molecule has 0 saturated heterocycles. The molecule has 2 aromatic heterocycles. The molecule has 2 N–H and O–H groups in total. The van der Waals surface area contributed by atoms with E-state index in [1.807, 2.05) is 19.9 Å². The molecular weight excluding hydrogens is 420 g/mol. The molecule has 0 bridgehead atoms. The lowest BCUT2D eigenvalue weighted by Gasteiger charge is -2.29. The van der Waals surface area contributed by atoms with Gasteiger partial charge >= 0.3 is 5.97 Å². The molecule has 31 heavy (non-hydrogen) atoms. The van der Waals surface area contributed by atoms with Crippen LogP contribution < -0.4 is 10.6 Å². The number of nitrogen functional groups attached to an aromatic ring is 1. The second-order valence-corrected chi connectivity index (χ2v) is 8.40. The van der Waals surface area contributed by atoms with E-state index in [0.29, 0.717) is 35.6 Å². The number of pyridine rings is 1. The molecule has 4 rings (SSSR count). The number of aromatic nitrogens is 1. The first-order chi connectivity index (χ1) is 14.8. The van der Waals surface area contributed by atoms with Crippen LogP contribution in [0, 0.1) is 24.0 Å². The van der Waals surface area contributed by atoms with E-state index in [2.05, 4.69) is 4.98 Å². The van der Waals surface area contributed by atoms with Crippen LogP contribution in [0.3, 0.4) is 0 Å². The number of fused-ring (bicyclic) bond motifs is 2. The quantitative estimate of drug-likeness (QED) is 0.373. The van der Waals surface area contributed by atoms with E-state index in [4.69, 9.17) is 10.5 Å². The Morgan fingerprint density at radius 1 is 1.32 bits per heavy atom. The van der Waals surface area contributed by atoms with E-state index < -0.39 is 23.4 Å². The number of nitrogens with zero attached hydrogens (tertiary/aromatic N) is 3. The highest BCUT2D eigenvalue weighted by atomic mass is 32.1. The second-order valence-electron chi connectivity index (χ2n) is 7.40. The highest BCUT2D eigenvalue weighted by Crippen LogP contribution is 2.35. The van der Waals surface area contributed by atoms with Crippen LogP contribution >= 0.6 is 11.3 Å². The summed E-state index contributed by atoms with van der Waals surface area (Å²) in [7, 11) is 0. The van der Waals surface area contributed by atoms with E-state index in [1.165, 1.54) is 17.0 Å². The van der Waals surface area contributed by atoms with Gasteiger partial charge in [0.25, 0.3) is 11.6 Å². The molecule has 9 nitrogen and oxygen atoms in total. The van der Waals surface area contributed by atoms with Crippen LogP contribution in [0.25, 0.3) is 10.2 Å². The second kappa shape index (κ2) is 7.95. The van der Waals surface area contributed by atoms with Crippen LogP contribution in [-0.4, -0.2) is 34.9 Å². The lowest BCUT2D eigenvalue weighted by Crippen LogP contribution is -2.38. The molecule has 0 unspecified atom stereocenters. The minimum absolute atomic E-state index is 0.0150. The number of carbonyl (C=O) groups is 2. The number of nitro benzene ring substituents is 1. The Morgan fingerprint density at radius 3 is 2.84 bits per heavy atom.